The SMILES string of the molecule is CC(C)Nc1cc(Nc2ccc3nsnc3c2)ncc1-c1nc(C(=O)NCCCO)co1. The normalized spacial score (nSPS) is 11.1. The largest absolute Gasteiger partial charge is 0.443 e. The maximum absolute atomic E-state index is 12.2. The van der Waals surface area contributed by atoms with Gasteiger partial charge in [0.1, 0.15) is 23.1 Å². The first kappa shape index (κ1) is 21.7. The molecule has 166 valence electrons. The fourth-order valence-electron chi connectivity index (χ4n) is 3.01. The number of pyridine rings is 1. The number of nitrogens with one attached hydrogen (secondary N) is 3. The first-order chi connectivity index (χ1) is 15.5. The summed E-state index contributed by atoms with van der Waals surface area (Å²) in [5.41, 5.74) is 4.09. The Morgan fingerprint density at radius 3 is 2.88 bits per heavy atom. The Labute approximate surface area is 188 Å². The van der Waals surface area contributed by atoms with Gasteiger partial charge in [0.2, 0.25) is 5.89 Å². The molecule has 0 spiro atoms. The molecule has 0 aliphatic heterocycles. The van der Waals surface area contributed by atoms with Gasteiger partial charge in [-0.1, -0.05) is 0 Å². The number of carbonyl (C=O) groups is 1. The third-order valence-electron chi connectivity index (χ3n) is 4.46. The average Bonchev–Trinajstić information content (AvgIpc) is 3.43. The van der Waals surface area contributed by atoms with Crippen molar-refractivity contribution in [2.45, 2.75) is 26.3 Å². The number of oxazole rings is 1. The minimum atomic E-state index is -0.356. The number of nitrogens with zero attached hydrogens (tertiary/aromatic N) is 4. The molecule has 32 heavy (non-hydrogen) atoms. The van der Waals surface area contributed by atoms with Crippen LogP contribution in [0.2, 0.25) is 0 Å². The van der Waals surface area contributed by atoms with Crippen LogP contribution in [-0.2, 0) is 0 Å². The van der Waals surface area contributed by atoms with E-state index in [2.05, 4.69) is 34.7 Å². The number of rotatable bonds is 9. The fraction of sp³-hybridized carbons (Fsp3) is 0.286. The van der Waals surface area contributed by atoms with E-state index in [9.17, 15) is 4.79 Å². The summed E-state index contributed by atoms with van der Waals surface area (Å²) in [5.74, 6) is 0.562. The summed E-state index contributed by atoms with van der Waals surface area (Å²) in [5, 5.41) is 18.2. The number of hydrogen-bond acceptors (Lipinski definition) is 10. The van der Waals surface area contributed by atoms with Gasteiger partial charge in [0, 0.05) is 37.1 Å². The zero-order valence-corrected chi connectivity index (χ0v) is 18.4. The molecule has 0 atom stereocenters. The van der Waals surface area contributed by atoms with Gasteiger partial charge in [0.05, 0.1) is 23.0 Å². The van der Waals surface area contributed by atoms with Gasteiger partial charge >= 0.3 is 0 Å². The van der Waals surface area contributed by atoms with Crippen molar-refractivity contribution in [1.29, 1.82) is 0 Å². The van der Waals surface area contributed by atoms with Gasteiger partial charge in [0.15, 0.2) is 5.69 Å². The van der Waals surface area contributed by atoms with Crippen LogP contribution >= 0.6 is 11.7 Å². The maximum atomic E-state index is 12.2. The van der Waals surface area contributed by atoms with Crippen molar-refractivity contribution in [3.8, 4) is 11.5 Å². The third-order valence-corrected chi connectivity index (χ3v) is 5.02. The minimum absolute atomic E-state index is 0.00908. The van der Waals surface area contributed by atoms with Crippen LogP contribution in [0, 0.1) is 0 Å². The van der Waals surface area contributed by atoms with Crippen molar-refractivity contribution in [3.05, 3.63) is 42.4 Å². The van der Waals surface area contributed by atoms with Gasteiger partial charge in [0.25, 0.3) is 5.91 Å². The molecule has 1 amide bonds. The molecule has 0 aliphatic carbocycles. The Morgan fingerprint density at radius 1 is 1.22 bits per heavy atom. The van der Waals surface area contributed by atoms with Crippen LogP contribution in [0.3, 0.4) is 0 Å². The van der Waals surface area contributed by atoms with E-state index in [-0.39, 0.29) is 30.1 Å². The Kier molecular flexibility index (Phi) is 6.57. The molecule has 11 heteroatoms. The minimum Gasteiger partial charge on any atom is -0.443 e. The maximum Gasteiger partial charge on any atom is 0.273 e. The van der Waals surface area contributed by atoms with E-state index >= 15 is 0 Å². The van der Waals surface area contributed by atoms with Crippen LogP contribution in [0.1, 0.15) is 30.8 Å². The summed E-state index contributed by atoms with van der Waals surface area (Å²) < 4.78 is 14.0. The number of aromatic nitrogens is 4. The Hall–Kier alpha value is -3.57. The number of amides is 1. The summed E-state index contributed by atoms with van der Waals surface area (Å²) in [6, 6.07) is 7.76. The lowest BCUT2D eigenvalue weighted by Crippen LogP contribution is -2.25. The van der Waals surface area contributed by atoms with E-state index < -0.39 is 0 Å². The number of hydrogen-bond donors (Lipinski definition) is 4. The van der Waals surface area contributed by atoms with E-state index in [0.717, 1.165) is 22.4 Å². The van der Waals surface area contributed by atoms with Crippen LogP contribution in [0.25, 0.3) is 22.5 Å². The van der Waals surface area contributed by atoms with E-state index in [0.29, 0.717) is 24.3 Å². The molecule has 1 aromatic carbocycles. The second kappa shape index (κ2) is 9.71. The smallest absolute Gasteiger partial charge is 0.273 e. The summed E-state index contributed by atoms with van der Waals surface area (Å²) >= 11 is 1.18. The number of aliphatic hydroxyl groups is 1. The number of carbonyl (C=O) groups excluding carboxylic acids is 1. The second-order valence-corrected chi connectivity index (χ2v) is 7.91. The molecule has 0 saturated carbocycles. The van der Waals surface area contributed by atoms with Crippen molar-refractivity contribution in [2.75, 3.05) is 23.8 Å². The quantitative estimate of drug-likeness (QED) is 0.281. The topological polar surface area (TPSA) is 138 Å². The molecule has 0 aliphatic rings. The highest BCUT2D eigenvalue weighted by atomic mass is 32.1. The molecule has 10 nitrogen and oxygen atoms in total. The van der Waals surface area contributed by atoms with Crippen LogP contribution in [-0.4, -0.2) is 48.9 Å². The van der Waals surface area contributed by atoms with Crippen LogP contribution in [0.5, 0.6) is 0 Å². The lowest BCUT2D eigenvalue weighted by Gasteiger charge is -2.15. The highest BCUT2D eigenvalue weighted by Gasteiger charge is 2.17. The van der Waals surface area contributed by atoms with Crippen molar-refractivity contribution in [2.24, 2.45) is 0 Å². The van der Waals surface area contributed by atoms with E-state index in [1.807, 2.05) is 38.1 Å². The lowest BCUT2D eigenvalue weighted by atomic mass is 10.2. The van der Waals surface area contributed by atoms with Crippen molar-refractivity contribution in [1.82, 2.24) is 24.0 Å². The predicted octanol–water partition coefficient (Wildman–Crippen LogP) is 3.42. The highest BCUT2D eigenvalue weighted by Crippen LogP contribution is 2.30. The van der Waals surface area contributed by atoms with Crippen molar-refractivity contribution in [3.63, 3.8) is 0 Å². The molecule has 4 N–H and O–H groups in total. The molecule has 4 aromatic rings. The van der Waals surface area contributed by atoms with Gasteiger partial charge in [-0.05, 0) is 38.5 Å². The second-order valence-electron chi connectivity index (χ2n) is 7.38. The summed E-state index contributed by atoms with van der Waals surface area (Å²) in [6.07, 6.45) is 3.44. The third kappa shape index (κ3) is 5.01. The monoisotopic (exact) mass is 453 g/mol. The Balaban J connectivity index is 1.57. The van der Waals surface area contributed by atoms with Gasteiger partial charge in [-0.3, -0.25) is 4.79 Å². The van der Waals surface area contributed by atoms with Gasteiger partial charge in [-0.2, -0.15) is 8.75 Å². The molecule has 3 aromatic heterocycles. The molecule has 4 rings (SSSR count). The number of fused-ring (bicyclic) bond motifs is 1. The molecule has 0 bridgehead atoms. The Morgan fingerprint density at radius 2 is 2.06 bits per heavy atom. The molecule has 0 radical (unpaired) electrons. The van der Waals surface area contributed by atoms with Gasteiger partial charge in [-0.25, -0.2) is 9.97 Å². The fourth-order valence-corrected chi connectivity index (χ4v) is 3.52. The predicted molar refractivity (Wildman–Crippen MR) is 123 cm³/mol. The first-order valence-electron chi connectivity index (χ1n) is 10.1. The zero-order valence-electron chi connectivity index (χ0n) is 17.6. The highest BCUT2D eigenvalue weighted by molar-refractivity contribution is 7.00. The zero-order chi connectivity index (χ0) is 22.5. The summed E-state index contributed by atoms with van der Waals surface area (Å²) in [7, 11) is 0. The van der Waals surface area contributed by atoms with Crippen LogP contribution in [0.15, 0.2) is 41.1 Å². The van der Waals surface area contributed by atoms with Crippen LogP contribution in [0.4, 0.5) is 17.2 Å². The molecular formula is C21H23N7O3S. The molecular weight excluding hydrogens is 430 g/mol. The Bertz CT molecular complexity index is 1220. The molecule has 0 unspecified atom stereocenters. The van der Waals surface area contributed by atoms with Crippen LogP contribution < -0.4 is 16.0 Å². The van der Waals surface area contributed by atoms with E-state index in [1.54, 1.807) is 6.20 Å². The van der Waals surface area contributed by atoms with Crippen molar-refractivity contribution < 1.29 is 14.3 Å². The molecule has 3 heterocycles. The molecule has 0 fully saturated rings. The van der Waals surface area contributed by atoms with E-state index in [1.165, 1.54) is 18.0 Å². The molecule has 0 saturated heterocycles. The lowest BCUT2D eigenvalue weighted by molar-refractivity contribution is 0.0946. The summed E-state index contributed by atoms with van der Waals surface area (Å²) in [6.45, 7) is 4.42. The van der Waals surface area contributed by atoms with Crippen molar-refractivity contribution >= 4 is 45.9 Å². The first-order valence-corrected chi connectivity index (χ1v) is 10.9. The number of anilines is 3. The summed E-state index contributed by atoms with van der Waals surface area (Å²) in [4.78, 5) is 21.0. The number of aliphatic hydroxyl groups excluding tert-OH is 1. The van der Waals surface area contributed by atoms with Gasteiger partial charge in [-0.15, -0.1) is 0 Å². The average molecular weight is 454 g/mol. The standard InChI is InChI=1S/C21H23N7O3S/c1-12(2)24-16-9-19(25-13-4-5-15-17(8-13)28-32-27-15)23-10-14(16)21-26-18(11-31-21)20(30)22-6-3-7-29/h4-5,8-12,29H,3,6-7H2,1-2H3,(H,22,30)(H2,23,24,25). The van der Waals surface area contributed by atoms with E-state index in [4.69, 9.17) is 9.52 Å². The van der Waals surface area contributed by atoms with Gasteiger partial charge < -0.3 is 25.5 Å². The number of benzene rings is 1.